The molecule has 0 atom stereocenters. The lowest BCUT2D eigenvalue weighted by Gasteiger charge is -2.05. The molecular weight excluding hydrogens is 248 g/mol. The van der Waals surface area contributed by atoms with Gasteiger partial charge in [0.25, 0.3) is 0 Å². The van der Waals surface area contributed by atoms with Crippen molar-refractivity contribution in [2.75, 3.05) is 6.61 Å². The summed E-state index contributed by atoms with van der Waals surface area (Å²) in [6.07, 6.45) is 6.53. The lowest BCUT2D eigenvalue weighted by atomic mass is 9.99. The molecule has 2 heteroatoms. The summed E-state index contributed by atoms with van der Waals surface area (Å²) >= 11 is 0. The number of esters is 1. The molecule has 1 aliphatic rings. The van der Waals surface area contributed by atoms with Crippen molar-refractivity contribution in [1.82, 2.24) is 0 Å². The number of hydrogen-bond acceptors (Lipinski definition) is 2. The van der Waals surface area contributed by atoms with Gasteiger partial charge in [0.05, 0.1) is 13.0 Å². The first kappa shape index (κ1) is 12.9. The molecule has 0 aromatic heterocycles. The van der Waals surface area contributed by atoms with Gasteiger partial charge in [-0.3, -0.25) is 4.79 Å². The van der Waals surface area contributed by atoms with Crippen LogP contribution in [0.15, 0.2) is 36.4 Å². The maximum atomic E-state index is 11.3. The van der Waals surface area contributed by atoms with Crippen LogP contribution in [0.3, 0.4) is 0 Å². The molecule has 0 saturated carbocycles. The van der Waals surface area contributed by atoms with Crippen molar-refractivity contribution >= 4 is 22.8 Å². The summed E-state index contributed by atoms with van der Waals surface area (Å²) in [4.78, 5) is 11.3. The zero-order valence-electron chi connectivity index (χ0n) is 11.7. The van der Waals surface area contributed by atoms with Crippen molar-refractivity contribution in [3.05, 3.63) is 53.1 Å². The third-order valence-electron chi connectivity index (χ3n) is 3.80. The van der Waals surface area contributed by atoms with E-state index < -0.39 is 0 Å². The Kier molecular flexibility index (Phi) is 3.55. The van der Waals surface area contributed by atoms with Crippen LogP contribution in [0, 0.1) is 0 Å². The van der Waals surface area contributed by atoms with Gasteiger partial charge in [0.2, 0.25) is 0 Å². The fourth-order valence-electron chi connectivity index (χ4n) is 2.92. The summed E-state index contributed by atoms with van der Waals surface area (Å²) in [7, 11) is 0. The van der Waals surface area contributed by atoms with E-state index in [9.17, 15) is 4.79 Å². The van der Waals surface area contributed by atoms with E-state index in [4.69, 9.17) is 4.74 Å². The Hall–Kier alpha value is -2.09. The summed E-state index contributed by atoms with van der Waals surface area (Å²) in [5.74, 6) is -0.172. The van der Waals surface area contributed by atoms with Gasteiger partial charge in [-0.1, -0.05) is 42.5 Å². The van der Waals surface area contributed by atoms with Crippen molar-refractivity contribution in [1.29, 1.82) is 0 Å². The molecule has 0 saturated heterocycles. The van der Waals surface area contributed by atoms with Gasteiger partial charge in [0, 0.05) is 0 Å². The van der Waals surface area contributed by atoms with Crippen LogP contribution < -0.4 is 0 Å². The predicted octanol–water partition coefficient (Wildman–Crippen LogP) is 3.90. The van der Waals surface area contributed by atoms with Crippen LogP contribution in [0.25, 0.3) is 16.8 Å². The molecule has 20 heavy (non-hydrogen) atoms. The Bertz CT molecular complexity index is 673. The fraction of sp³-hybridized carbons (Fsp3) is 0.278. The maximum absolute atomic E-state index is 11.3. The van der Waals surface area contributed by atoms with Gasteiger partial charge in [-0.05, 0) is 47.2 Å². The normalized spacial score (nSPS) is 13.2. The lowest BCUT2D eigenvalue weighted by Crippen LogP contribution is -2.01. The number of benzene rings is 2. The molecule has 2 aromatic rings. The van der Waals surface area contributed by atoms with Crippen LogP contribution in [0.4, 0.5) is 0 Å². The minimum atomic E-state index is -0.172. The molecule has 0 bridgehead atoms. The molecule has 0 fully saturated rings. The van der Waals surface area contributed by atoms with E-state index in [1.54, 1.807) is 0 Å². The van der Waals surface area contributed by atoms with Crippen LogP contribution in [-0.2, 0) is 22.4 Å². The van der Waals surface area contributed by atoms with Crippen LogP contribution in [0.5, 0.6) is 0 Å². The zero-order chi connectivity index (χ0) is 13.9. The SMILES string of the molecule is CCOC(=O)CC=Cc1ccc2c3c(cccc13)CC2. The molecule has 2 aromatic carbocycles. The molecule has 0 radical (unpaired) electrons. The monoisotopic (exact) mass is 266 g/mol. The van der Waals surface area contributed by atoms with Crippen LogP contribution in [0.1, 0.15) is 30.0 Å². The van der Waals surface area contributed by atoms with Crippen molar-refractivity contribution in [3.8, 4) is 0 Å². The highest BCUT2D eigenvalue weighted by molar-refractivity contribution is 5.96. The molecule has 2 nitrogen and oxygen atoms in total. The van der Waals surface area contributed by atoms with Gasteiger partial charge in [-0.15, -0.1) is 0 Å². The Morgan fingerprint density at radius 2 is 2.00 bits per heavy atom. The number of hydrogen-bond donors (Lipinski definition) is 0. The maximum Gasteiger partial charge on any atom is 0.309 e. The van der Waals surface area contributed by atoms with Gasteiger partial charge in [0.15, 0.2) is 0 Å². The Balaban J connectivity index is 1.90. The Morgan fingerprint density at radius 3 is 2.80 bits per heavy atom. The lowest BCUT2D eigenvalue weighted by molar-refractivity contribution is -0.142. The number of carbonyl (C=O) groups is 1. The molecule has 0 aliphatic heterocycles. The number of carbonyl (C=O) groups excluding carboxylic acids is 1. The fourth-order valence-corrected chi connectivity index (χ4v) is 2.92. The first-order valence-electron chi connectivity index (χ1n) is 7.15. The molecule has 3 rings (SSSR count). The smallest absolute Gasteiger partial charge is 0.309 e. The van der Waals surface area contributed by atoms with E-state index in [2.05, 4.69) is 30.3 Å². The average molecular weight is 266 g/mol. The molecule has 102 valence electrons. The van der Waals surface area contributed by atoms with E-state index in [0.717, 1.165) is 12.8 Å². The molecule has 0 unspecified atom stereocenters. The quantitative estimate of drug-likeness (QED) is 0.784. The van der Waals surface area contributed by atoms with E-state index in [1.165, 1.54) is 27.5 Å². The van der Waals surface area contributed by atoms with E-state index in [1.807, 2.05) is 19.1 Å². The highest BCUT2D eigenvalue weighted by Crippen LogP contribution is 2.33. The number of ether oxygens (including phenoxy) is 1. The van der Waals surface area contributed by atoms with Gasteiger partial charge in [-0.25, -0.2) is 0 Å². The minimum absolute atomic E-state index is 0.172. The molecule has 0 spiro atoms. The second-order valence-electron chi connectivity index (χ2n) is 5.07. The first-order chi connectivity index (χ1) is 9.79. The molecule has 0 amide bonds. The molecule has 0 N–H and O–H groups in total. The van der Waals surface area contributed by atoms with E-state index in [0.29, 0.717) is 13.0 Å². The molecular formula is C18H18O2. The second kappa shape index (κ2) is 5.49. The average Bonchev–Trinajstić information content (AvgIpc) is 2.87. The standard InChI is InChI=1S/C18H18O2/c1-2-20-17(19)8-4-5-13-9-10-15-12-11-14-6-3-7-16(13)18(14)15/h3-7,9-10H,2,8,11-12H2,1H3. The van der Waals surface area contributed by atoms with E-state index >= 15 is 0 Å². The Labute approximate surface area is 119 Å². The summed E-state index contributed by atoms with van der Waals surface area (Å²) in [5.41, 5.74) is 4.06. The summed E-state index contributed by atoms with van der Waals surface area (Å²) in [6, 6.07) is 10.9. The van der Waals surface area contributed by atoms with Crippen LogP contribution in [-0.4, -0.2) is 12.6 Å². The summed E-state index contributed by atoms with van der Waals surface area (Å²) in [6.45, 7) is 2.26. The van der Waals surface area contributed by atoms with Crippen LogP contribution >= 0.6 is 0 Å². The minimum Gasteiger partial charge on any atom is -0.466 e. The van der Waals surface area contributed by atoms with Crippen molar-refractivity contribution in [2.24, 2.45) is 0 Å². The zero-order valence-corrected chi connectivity index (χ0v) is 11.7. The van der Waals surface area contributed by atoms with Crippen molar-refractivity contribution in [2.45, 2.75) is 26.2 Å². The van der Waals surface area contributed by atoms with Gasteiger partial charge < -0.3 is 4.74 Å². The third-order valence-corrected chi connectivity index (χ3v) is 3.80. The topological polar surface area (TPSA) is 26.3 Å². The Morgan fingerprint density at radius 1 is 1.20 bits per heavy atom. The molecule has 0 heterocycles. The predicted molar refractivity (Wildman–Crippen MR) is 81.6 cm³/mol. The molecule has 1 aliphatic carbocycles. The van der Waals surface area contributed by atoms with Crippen LogP contribution in [0.2, 0.25) is 0 Å². The van der Waals surface area contributed by atoms with Gasteiger partial charge >= 0.3 is 5.97 Å². The number of rotatable bonds is 4. The highest BCUT2D eigenvalue weighted by atomic mass is 16.5. The third kappa shape index (κ3) is 2.34. The van der Waals surface area contributed by atoms with Crippen molar-refractivity contribution in [3.63, 3.8) is 0 Å². The second-order valence-corrected chi connectivity index (χ2v) is 5.07. The summed E-state index contributed by atoms with van der Waals surface area (Å²) in [5, 5.41) is 2.70. The van der Waals surface area contributed by atoms with E-state index in [-0.39, 0.29) is 5.97 Å². The highest BCUT2D eigenvalue weighted by Gasteiger charge is 2.14. The largest absolute Gasteiger partial charge is 0.466 e. The van der Waals surface area contributed by atoms with Gasteiger partial charge in [-0.2, -0.15) is 0 Å². The number of aryl methyl sites for hydroxylation is 2. The summed E-state index contributed by atoms with van der Waals surface area (Å²) < 4.78 is 4.93. The first-order valence-corrected chi connectivity index (χ1v) is 7.15. The van der Waals surface area contributed by atoms with Gasteiger partial charge in [0.1, 0.15) is 0 Å². The van der Waals surface area contributed by atoms with Crippen molar-refractivity contribution < 1.29 is 9.53 Å².